The van der Waals surface area contributed by atoms with E-state index in [1.165, 1.54) is 0 Å². The van der Waals surface area contributed by atoms with Crippen LogP contribution in [0.25, 0.3) is 0 Å². The lowest BCUT2D eigenvalue weighted by Crippen LogP contribution is -2.44. The van der Waals surface area contributed by atoms with E-state index in [0.29, 0.717) is 6.54 Å². The van der Waals surface area contributed by atoms with E-state index in [0.717, 1.165) is 11.3 Å². The minimum Gasteiger partial charge on any atom is -0.368 e. The summed E-state index contributed by atoms with van der Waals surface area (Å²) in [5, 5.41) is 7.31. The highest BCUT2D eigenvalue weighted by atomic mass is 16.1. The van der Waals surface area contributed by atoms with Crippen molar-refractivity contribution in [3.8, 4) is 0 Å². The number of primary amides is 1. The van der Waals surface area contributed by atoms with E-state index in [9.17, 15) is 4.79 Å². The number of rotatable bonds is 5. The summed E-state index contributed by atoms with van der Waals surface area (Å²) in [6.45, 7) is 6.56. The summed E-state index contributed by atoms with van der Waals surface area (Å²) in [6.07, 6.45) is 1.81. The Bertz CT molecular complexity index is 370. The first-order valence-corrected chi connectivity index (χ1v) is 5.43. The van der Waals surface area contributed by atoms with Crippen molar-refractivity contribution < 1.29 is 4.79 Å². The van der Waals surface area contributed by atoms with Crippen molar-refractivity contribution in [2.75, 3.05) is 0 Å². The van der Waals surface area contributed by atoms with E-state index in [1.54, 1.807) is 6.20 Å². The average molecular weight is 224 g/mol. The first-order chi connectivity index (χ1) is 7.43. The maximum absolute atomic E-state index is 11.2. The molecule has 1 aromatic rings. The van der Waals surface area contributed by atoms with Gasteiger partial charge in [0.05, 0.1) is 12.2 Å². The zero-order valence-corrected chi connectivity index (χ0v) is 10.3. The number of hydrogen-bond acceptors (Lipinski definition) is 3. The van der Waals surface area contributed by atoms with E-state index < -0.39 is 0 Å². The molecule has 1 rings (SSSR count). The molecular weight excluding hydrogens is 204 g/mol. The monoisotopic (exact) mass is 224 g/mol. The number of hydrogen-bond donors (Lipinski definition) is 2. The Morgan fingerprint density at radius 2 is 2.25 bits per heavy atom. The number of aryl methyl sites for hydroxylation is 1. The fourth-order valence-corrected chi connectivity index (χ4v) is 1.60. The summed E-state index contributed by atoms with van der Waals surface area (Å²) in [5.74, 6) is -0.119. The lowest BCUT2D eigenvalue weighted by Gasteiger charge is -2.18. The predicted octanol–water partition coefficient (Wildman–Crippen LogP) is 0.328. The topological polar surface area (TPSA) is 72.9 Å². The van der Waals surface area contributed by atoms with Gasteiger partial charge in [0.1, 0.15) is 0 Å². The highest BCUT2D eigenvalue weighted by Gasteiger charge is 2.19. The maximum Gasteiger partial charge on any atom is 0.234 e. The van der Waals surface area contributed by atoms with Gasteiger partial charge in [-0.2, -0.15) is 5.10 Å². The second-order valence-corrected chi connectivity index (χ2v) is 4.38. The molecule has 5 nitrogen and oxygen atoms in total. The molecule has 0 radical (unpaired) electrons. The SMILES string of the molecule is Cc1c(CNC(C(N)=O)C(C)C)cnn1C. The molecule has 0 aliphatic rings. The number of nitrogens with zero attached hydrogens (tertiary/aromatic N) is 2. The van der Waals surface area contributed by atoms with Crippen molar-refractivity contribution in [1.29, 1.82) is 0 Å². The van der Waals surface area contributed by atoms with Crippen LogP contribution in [0.1, 0.15) is 25.1 Å². The van der Waals surface area contributed by atoms with Crippen LogP contribution >= 0.6 is 0 Å². The number of carbonyl (C=O) groups excluding carboxylic acids is 1. The molecule has 1 amide bonds. The summed E-state index contributed by atoms with van der Waals surface area (Å²) < 4.78 is 1.81. The fraction of sp³-hybridized carbons (Fsp3) is 0.636. The molecule has 0 saturated carbocycles. The van der Waals surface area contributed by atoms with E-state index in [1.807, 2.05) is 32.5 Å². The molecular formula is C11H20N4O. The predicted molar refractivity (Wildman–Crippen MR) is 62.6 cm³/mol. The quantitative estimate of drug-likeness (QED) is 0.757. The van der Waals surface area contributed by atoms with Crippen molar-refractivity contribution in [2.24, 2.45) is 18.7 Å². The minimum atomic E-state index is -0.309. The van der Waals surface area contributed by atoms with Gasteiger partial charge in [0.15, 0.2) is 0 Å². The summed E-state index contributed by atoms with van der Waals surface area (Å²) in [6, 6.07) is -0.292. The van der Waals surface area contributed by atoms with Crippen molar-refractivity contribution >= 4 is 5.91 Å². The van der Waals surface area contributed by atoms with Crippen molar-refractivity contribution in [2.45, 2.75) is 33.4 Å². The molecule has 0 aliphatic carbocycles. The molecule has 1 atom stereocenters. The second kappa shape index (κ2) is 5.12. The third-order valence-electron chi connectivity index (χ3n) is 2.82. The van der Waals surface area contributed by atoms with Gasteiger partial charge in [-0.05, 0) is 12.8 Å². The standard InChI is InChI=1S/C11H20N4O/c1-7(2)10(11(12)16)13-5-9-6-14-15(4)8(9)3/h6-7,10,13H,5H2,1-4H3,(H2,12,16). The Hall–Kier alpha value is -1.36. The molecule has 1 unspecified atom stereocenters. The Morgan fingerprint density at radius 1 is 1.62 bits per heavy atom. The molecule has 0 bridgehead atoms. The van der Waals surface area contributed by atoms with Crippen LogP contribution in [-0.4, -0.2) is 21.7 Å². The lowest BCUT2D eigenvalue weighted by atomic mass is 10.0. The molecule has 0 aliphatic heterocycles. The van der Waals surface area contributed by atoms with Crippen molar-refractivity contribution in [1.82, 2.24) is 15.1 Å². The van der Waals surface area contributed by atoms with Gasteiger partial charge in [0, 0.05) is 24.8 Å². The first-order valence-electron chi connectivity index (χ1n) is 5.43. The third-order valence-corrected chi connectivity index (χ3v) is 2.82. The fourth-order valence-electron chi connectivity index (χ4n) is 1.60. The highest BCUT2D eigenvalue weighted by Crippen LogP contribution is 2.07. The van der Waals surface area contributed by atoms with E-state index >= 15 is 0 Å². The van der Waals surface area contributed by atoms with Gasteiger partial charge >= 0.3 is 0 Å². The van der Waals surface area contributed by atoms with E-state index in [2.05, 4.69) is 10.4 Å². The van der Waals surface area contributed by atoms with Crippen LogP contribution in [0.3, 0.4) is 0 Å². The second-order valence-electron chi connectivity index (χ2n) is 4.38. The number of amides is 1. The lowest BCUT2D eigenvalue weighted by molar-refractivity contribution is -0.121. The van der Waals surface area contributed by atoms with Gasteiger partial charge in [-0.3, -0.25) is 9.48 Å². The number of nitrogens with two attached hydrogens (primary N) is 1. The van der Waals surface area contributed by atoms with Crippen molar-refractivity contribution in [3.63, 3.8) is 0 Å². The molecule has 90 valence electrons. The molecule has 0 spiro atoms. The van der Waals surface area contributed by atoms with Crippen LogP contribution < -0.4 is 11.1 Å². The summed E-state index contributed by atoms with van der Waals surface area (Å²) in [7, 11) is 1.90. The Balaban J connectivity index is 2.62. The number of nitrogens with one attached hydrogen (secondary N) is 1. The van der Waals surface area contributed by atoms with Crippen molar-refractivity contribution in [3.05, 3.63) is 17.5 Å². The van der Waals surface area contributed by atoms with Crippen LogP contribution in [0.15, 0.2) is 6.20 Å². The minimum absolute atomic E-state index is 0.189. The molecule has 1 aromatic heterocycles. The normalized spacial score (nSPS) is 13.1. The van der Waals surface area contributed by atoms with E-state index in [-0.39, 0.29) is 17.9 Å². The zero-order valence-electron chi connectivity index (χ0n) is 10.3. The van der Waals surface area contributed by atoms with E-state index in [4.69, 9.17) is 5.73 Å². The largest absolute Gasteiger partial charge is 0.368 e. The van der Waals surface area contributed by atoms with Gasteiger partial charge in [0.25, 0.3) is 0 Å². The summed E-state index contributed by atoms with van der Waals surface area (Å²) >= 11 is 0. The smallest absolute Gasteiger partial charge is 0.234 e. The van der Waals surface area contributed by atoms with Crippen LogP contribution in [0.4, 0.5) is 0 Å². The van der Waals surface area contributed by atoms with Crippen LogP contribution in [0, 0.1) is 12.8 Å². The average Bonchev–Trinajstić information content (AvgIpc) is 2.48. The molecule has 16 heavy (non-hydrogen) atoms. The third kappa shape index (κ3) is 2.82. The van der Waals surface area contributed by atoms with Crippen LogP contribution in [0.5, 0.6) is 0 Å². The summed E-state index contributed by atoms with van der Waals surface area (Å²) in [4.78, 5) is 11.2. The van der Waals surface area contributed by atoms with Gasteiger partial charge in [-0.15, -0.1) is 0 Å². The molecule has 0 aromatic carbocycles. The highest BCUT2D eigenvalue weighted by molar-refractivity contribution is 5.80. The number of aromatic nitrogens is 2. The Morgan fingerprint density at radius 3 is 2.62 bits per heavy atom. The molecule has 0 saturated heterocycles. The van der Waals surface area contributed by atoms with Gasteiger partial charge in [-0.1, -0.05) is 13.8 Å². The van der Waals surface area contributed by atoms with Gasteiger partial charge < -0.3 is 11.1 Å². The van der Waals surface area contributed by atoms with Crippen LogP contribution in [-0.2, 0) is 18.4 Å². The van der Waals surface area contributed by atoms with Gasteiger partial charge in [0.2, 0.25) is 5.91 Å². The zero-order chi connectivity index (χ0) is 12.3. The molecule has 1 heterocycles. The summed E-state index contributed by atoms with van der Waals surface area (Å²) in [5.41, 5.74) is 7.51. The Kier molecular flexibility index (Phi) is 4.06. The maximum atomic E-state index is 11.2. The van der Waals surface area contributed by atoms with Crippen LogP contribution in [0.2, 0.25) is 0 Å². The molecule has 5 heteroatoms. The van der Waals surface area contributed by atoms with Gasteiger partial charge in [-0.25, -0.2) is 0 Å². The number of carbonyl (C=O) groups is 1. The molecule has 3 N–H and O–H groups in total. The Labute approximate surface area is 96.0 Å². The molecule has 0 fully saturated rings. The first kappa shape index (κ1) is 12.7.